The molecule has 2 aromatic heterocycles. The highest BCUT2D eigenvalue weighted by atomic mass is 16.5. The van der Waals surface area contributed by atoms with Crippen LogP contribution in [0.15, 0.2) is 118 Å². The zero-order chi connectivity index (χ0) is 30.5. The molecule has 0 aliphatic carbocycles. The van der Waals surface area contributed by atoms with E-state index in [4.69, 9.17) is 23.6 Å². The first-order chi connectivity index (χ1) is 21.6. The lowest BCUT2D eigenvalue weighted by molar-refractivity contribution is 0.267. The summed E-state index contributed by atoms with van der Waals surface area (Å²) in [5.41, 5.74) is 3.47. The molecular formula is C36H31N3O5. The first-order valence-electron chi connectivity index (χ1n) is 14.3. The number of ether oxygens (including phenoxy) is 3. The summed E-state index contributed by atoms with van der Waals surface area (Å²) in [5, 5.41) is 5.85. The third-order valence-electron chi connectivity index (χ3n) is 7.08. The van der Waals surface area contributed by atoms with Crippen molar-refractivity contribution in [2.75, 3.05) is 13.7 Å². The van der Waals surface area contributed by atoms with Crippen LogP contribution in [0.3, 0.4) is 0 Å². The van der Waals surface area contributed by atoms with E-state index >= 15 is 0 Å². The van der Waals surface area contributed by atoms with E-state index in [9.17, 15) is 4.79 Å². The Kier molecular flexibility index (Phi) is 8.23. The van der Waals surface area contributed by atoms with Gasteiger partial charge in [-0.05, 0) is 66.9 Å². The van der Waals surface area contributed by atoms with Gasteiger partial charge in [-0.3, -0.25) is 4.79 Å². The van der Waals surface area contributed by atoms with Crippen LogP contribution in [-0.4, -0.2) is 29.6 Å². The minimum absolute atomic E-state index is 0.266. The number of allylic oxidation sites excluding steroid dienone is 1. The lowest BCUT2D eigenvalue weighted by Crippen LogP contribution is -2.20. The summed E-state index contributed by atoms with van der Waals surface area (Å²) in [7, 11) is 1.60. The molecule has 0 spiro atoms. The summed E-state index contributed by atoms with van der Waals surface area (Å²) >= 11 is 0. The van der Waals surface area contributed by atoms with Gasteiger partial charge in [-0.15, -0.1) is 6.58 Å². The highest BCUT2D eigenvalue weighted by molar-refractivity contribution is 5.89. The highest BCUT2D eigenvalue weighted by Crippen LogP contribution is 2.35. The molecule has 6 aromatic rings. The molecule has 0 fully saturated rings. The van der Waals surface area contributed by atoms with Gasteiger partial charge in [0.25, 0.3) is 5.56 Å². The van der Waals surface area contributed by atoms with Crippen molar-refractivity contribution < 1.29 is 18.6 Å². The SMILES string of the molecule is C=CCc1cc(C=Nn2c(-c3cc4c(OC)cccc4o3)nc3ccccc3c2=O)cc(OCC)c1OCc1ccccc1. The van der Waals surface area contributed by atoms with E-state index in [0.717, 1.165) is 22.1 Å². The van der Waals surface area contributed by atoms with Gasteiger partial charge in [0.1, 0.15) is 17.9 Å². The second-order valence-corrected chi connectivity index (χ2v) is 10.0. The van der Waals surface area contributed by atoms with Crippen LogP contribution in [0.5, 0.6) is 17.2 Å². The topological polar surface area (TPSA) is 88.1 Å². The molecular weight excluding hydrogens is 554 g/mol. The number of hydrogen-bond donors (Lipinski definition) is 0. The molecule has 6 rings (SSSR count). The van der Waals surface area contributed by atoms with Crippen LogP contribution in [0.2, 0.25) is 0 Å². The van der Waals surface area contributed by atoms with E-state index in [1.54, 1.807) is 31.5 Å². The normalized spacial score (nSPS) is 11.3. The molecule has 0 aliphatic rings. The maximum Gasteiger partial charge on any atom is 0.282 e. The predicted octanol–water partition coefficient (Wildman–Crippen LogP) is 7.41. The molecule has 0 amide bonds. The van der Waals surface area contributed by atoms with Crippen molar-refractivity contribution in [3.8, 4) is 28.8 Å². The molecule has 0 saturated carbocycles. The molecule has 0 bridgehead atoms. The molecule has 2 heterocycles. The summed E-state index contributed by atoms with van der Waals surface area (Å²) in [5.74, 6) is 2.54. The van der Waals surface area contributed by atoms with Crippen LogP contribution in [0, 0.1) is 0 Å². The molecule has 0 atom stereocenters. The monoisotopic (exact) mass is 585 g/mol. The largest absolute Gasteiger partial charge is 0.496 e. The molecule has 0 aliphatic heterocycles. The third kappa shape index (κ3) is 5.70. The summed E-state index contributed by atoms with van der Waals surface area (Å²) < 4.78 is 25.2. The number of benzene rings is 4. The molecule has 44 heavy (non-hydrogen) atoms. The van der Waals surface area contributed by atoms with Gasteiger partial charge in [0.15, 0.2) is 17.3 Å². The first-order valence-corrected chi connectivity index (χ1v) is 14.3. The van der Waals surface area contributed by atoms with Gasteiger partial charge in [0.05, 0.1) is 36.2 Å². The van der Waals surface area contributed by atoms with Crippen molar-refractivity contribution >= 4 is 28.1 Å². The molecule has 0 unspecified atom stereocenters. The van der Waals surface area contributed by atoms with Crippen LogP contribution in [0.25, 0.3) is 33.5 Å². The molecule has 8 nitrogen and oxygen atoms in total. The zero-order valence-electron chi connectivity index (χ0n) is 24.5. The highest BCUT2D eigenvalue weighted by Gasteiger charge is 2.18. The Hall–Kier alpha value is -5.63. The van der Waals surface area contributed by atoms with E-state index in [2.05, 4.69) is 11.7 Å². The van der Waals surface area contributed by atoms with Gasteiger partial charge in [0, 0.05) is 5.56 Å². The quantitative estimate of drug-likeness (QED) is 0.116. The maximum absolute atomic E-state index is 13.8. The average Bonchev–Trinajstić information content (AvgIpc) is 3.49. The van der Waals surface area contributed by atoms with E-state index < -0.39 is 0 Å². The predicted molar refractivity (Wildman–Crippen MR) is 173 cm³/mol. The lowest BCUT2D eigenvalue weighted by Gasteiger charge is -2.17. The Labute approximate surface area is 254 Å². The van der Waals surface area contributed by atoms with Crippen molar-refractivity contribution in [1.29, 1.82) is 0 Å². The Bertz CT molecular complexity index is 2040. The maximum atomic E-state index is 13.8. The van der Waals surface area contributed by atoms with Gasteiger partial charge in [-0.1, -0.05) is 54.6 Å². The van der Waals surface area contributed by atoms with Crippen molar-refractivity contribution in [3.05, 3.63) is 131 Å². The summed E-state index contributed by atoms with van der Waals surface area (Å²) in [6, 6.07) is 28.3. The lowest BCUT2D eigenvalue weighted by atomic mass is 10.1. The van der Waals surface area contributed by atoms with E-state index in [-0.39, 0.29) is 11.4 Å². The number of rotatable bonds is 11. The minimum atomic E-state index is -0.326. The number of para-hydroxylation sites is 1. The average molecular weight is 586 g/mol. The minimum Gasteiger partial charge on any atom is -0.496 e. The molecule has 8 heteroatoms. The van der Waals surface area contributed by atoms with Crippen LogP contribution >= 0.6 is 0 Å². The number of furan rings is 1. The number of hydrogen-bond acceptors (Lipinski definition) is 7. The fourth-order valence-electron chi connectivity index (χ4n) is 5.06. The number of nitrogens with zero attached hydrogens (tertiary/aromatic N) is 3. The summed E-state index contributed by atoms with van der Waals surface area (Å²) in [6.45, 7) is 6.69. The van der Waals surface area contributed by atoms with E-state index in [0.29, 0.717) is 59.1 Å². The smallest absolute Gasteiger partial charge is 0.282 e. The second kappa shape index (κ2) is 12.7. The Morgan fingerprint density at radius 2 is 1.75 bits per heavy atom. The van der Waals surface area contributed by atoms with Gasteiger partial charge >= 0.3 is 0 Å². The second-order valence-electron chi connectivity index (χ2n) is 10.0. The molecule has 220 valence electrons. The Balaban J connectivity index is 1.45. The number of aromatic nitrogens is 2. The standard InChI is InChI=1S/C36H31N3O5/c1-4-12-26-19-25(20-32(42-5-2)34(26)43-23-24-13-7-6-8-14-24)22-37-39-35(38-29-16-10-9-15-27(29)36(39)40)33-21-28-30(41-3)17-11-18-31(28)44-33/h4,6-11,13-22H,1,5,12,23H2,2-3H3. The van der Waals surface area contributed by atoms with Gasteiger partial charge in [-0.2, -0.15) is 9.78 Å². The van der Waals surface area contributed by atoms with Crippen molar-refractivity contribution in [1.82, 2.24) is 9.66 Å². The molecule has 0 radical (unpaired) electrons. The summed E-state index contributed by atoms with van der Waals surface area (Å²) in [6.07, 6.45) is 3.98. The molecule has 4 aromatic carbocycles. The van der Waals surface area contributed by atoms with Crippen molar-refractivity contribution in [2.45, 2.75) is 20.0 Å². The van der Waals surface area contributed by atoms with E-state index in [1.165, 1.54) is 4.68 Å². The van der Waals surface area contributed by atoms with Gasteiger partial charge in [-0.25, -0.2) is 4.98 Å². The van der Waals surface area contributed by atoms with Crippen LogP contribution in [0.1, 0.15) is 23.6 Å². The fourth-order valence-corrected chi connectivity index (χ4v) is 5.06. The fraction of sp³-hybridized carbons (Fsp3) is 0.139. The zero-order valence-corrected chi connectivity index (χ0v) is 24.5. The number of fused-ring (bicyclic) bond motifs is 2. The Morgan fingerprint density at radius 3 is 2.55 bits per heavy atom. The first kappa shape index (κ1) is 28.5. The van der Waals surface area contributed by atoms with Crippen LogP contribution in [-0.2, 0) is 13.0 Å². The summed E-state index contributed by atoms with van der Waals surface area (Å²) in [4.78, 5) is 18.6. The van der Waals surface area contributed by atoms with E-state index in [1.807, 2.05) is 85.8 Å². The van der Waals surface area contributed by atoms with Crippen molar-refractivity contribution in [2.24, 2.45) is 5.10 Å². The van der Waals surface area contributed by atoms with Crippen LogP contribution < -0.4 is 19.8 Å². The molecule has 0 N–H and O–H groups in total. The Morgan fingerprint density at radius 1 is 0.932 bits per heavy atom. The van der Waals surface area contributed by atoms with Gasteiger partial charge in [0.2, 0.25) is 5.82 Å². The molecule has 0 saturated heterocycles. The third-order valence-corrected chi connectivity index (χ3v) is 7.08. The van der Waals surface area contributed by atoms with Crippen LogP contribution in [0.4, 0.5) is 0 Å². The van der Waals surface area contributed by atoms with Crippen molar-refractivity contribution in [3.63, 3.8) is 0 Å². The van der Waals surface area contributed by atoms with Gasteiger partial charge < -0.3 is 18.6 Å². The number of methoxy groups -OCH3 is 1.